The lowest BCUT2D eigenvalue weighted by Crippen LogP contribution is -2.29. The number of rotatable bonds is 1. The molecule has 0 spiro atoms. The van der Waals surface area contributed by atoms with E-state index in [1.807, 2.05) is 33.8 Å². The van der Waals surface area contributed by atoms with Crippen molar-refractivity contribution in [1.29, 1.82) is 0 Å². The largest absolute Gasteiger partial charge is 0.530 e. The average molecular weight is 234 g/mol. The van der Waals surface area contributed by atoms with Crippen LogP contribution in [0.5, 0.6) is 5.75 Å². The van der Waals surface area contributed by atoms with Crippen LogP contribution in [0.2, 0.25) is 0 Å². The summed E-state index contributed by atoms with van der Waals surface area (Å²) in [4.78, 5) is 10.6. The number of hydrogen-bond acceptors (Lipinski definition) is 3. The number of carboxylic acid groups (broad SMARTS) is 1. The highest BCUT2D eigenvalue weighted by Gasteiger charge is 2.32. The third-order valence-corrected chi connectivity index (χ3v) is 3.08. The number of ether oxygens (including phenoxy) is 1. The smallest absolute Gasteiger partial charge is 0.138 e. The lowest BCUT2D eigenvalue weighted by Gasteiger charge is -2.17. The summed E-state index contributed by atoms with van der Waals surface area (Å²) in [5.74, 6) is 0.855. The van der Waals surface area contributed by atoms with Crippen LogP contribution in [0.3, 0.4) is 0 Å². The van der Waals surface area contributed by atoms with Crippen LogP contribution in [0.4, 0.5) is 10.5 Å². The maximum atomic E-state index is 10.6. The molecule has 0 fully saturated rings. The molecule has 1 aromatic carbocycles. The van der Waals surface area contributed by atoms with E-state index in [-0.39, 0.29) is 5.60 Å². The fourth-order valence-corrected chi connectivity index (χ4v) is 2.35. The van der Waals surface area contributed by atoms with Crippen LogP contribution in [-0.4, -0.2) is 11.7 Å². The van der Waals surface area contributed by atoms with E-state index in [0.29, 0.717) is 5.69 Å². The van der Waals surface area contributed by atoms with Gasteiger partial charge in [0, 0.05) is 17.7 Å². The third-order valence-electron chi connectivity index (χ3n) is 3.08. The molecule has 4 nitrogen and oxygen atoms in total. The van der Waals surface area contributed by atoms with E-state index in [1.165, 1.54) is 0 Å². The van der Waals surface area contributed by atoms with Gasteiger partial charge in [0.15, 0.2) is 0 Å². The van der Waals surface area contributed by atoms with E-state index < -0.39 is 6.09 Å². The number of benzene rings is 1. The van der Waals surface area contributed by atoms with Crippen LogP contribution in [-0.2, 0) is 6.42 Å². The van der Waals surface area contributed by atoms with Gasteiger partial charge in [-0.15, -0.1) is 0 Å². The van der Waals surface area contributed by atoms with Gasteiger partial charge in [0.1, 0.15) is 17.4 Å². The molecular weight excluding hydrogens is 218 g/mol. The highest BCUT2D eigenvalue weighted by Crippen LogP contribution is 2.41. The minimum atomic E-state index is -1.28. The van der Waals surface area contributed by atoms with Crippen molar-refractivity contribution in [3.8, 4) is 5.75 Å². The number of anilines is 1. The monoisotopic (exact) mass is 234 g/mol. The van der Waals surface area contributed by atoms with Crippen LogP contribution >= 0.6 is 0 Å². The van der Waals surface area contributed by atoms with E-state index in [1.54, 1.807) is 0 Å². The van der Waals surface area contributed by atoms with Crippen LogP contribution in [0.15, 0.2) is 6.07 Å². The normalized spacial score (nSPS) is 16.2. The van der Waals surface area contributed by atoms with E-state index in [4.69, 9.17) is 4.74 Å². The first-order valence-electron chi connectivity index (χ1n) is 5.60. The fraction of sp³-hybridized carbons (Fsp3) is 0.462. The summed E-state index contributed by atoms with van der Waals surface area (Å²) in [6.45, 7) is 7.80. The van der Waals surface area contributed by atoms with Crippen molar-refractivity contribution in [2.75, 3.05) is 5.32 Å². The van der Waals surface area contributed by atoms with Gasteiger partial charge in [-0.05, 0) is 44.9 Å². The van der Waals surface area contributed by atoms with Crippen molar-refractivity contribution in [1.82, 2.24) is 0 Å². The van der Waals surface area contributed by atoms with Crippen molar-refractivity contribution in [2.45, 2.75) is 39.7 Å². The number of amides is 1. The Morgan fingerprint density at radius 3 is 2.71 bits per heavy atom. The van der Waals surface area contributed by atoms with Gasteiger partial charge >= 0.3 is 0 Å². The molecule has 1 heterocycles. The maximum Gasteiger partial charge on any atom is 0.138 e. The fourth-order valence-electron chi connectivity index (χ4n) is 2.35. The van der Waals surface area contributed by atoms with E-state index >= 15 is 0 Å². The molecule has 2 rings (SSSR count). The number of fused-ring (bicyclic) bond motifs is 1. The molecule has 0 atom stereocenters. The predicted molar refractivity (Wildman–Crippen MR) is 63.3 cm³/mol. The number of nitrogens with one attached hydrogen (secondary N) is 1. The SMILES string of the molecule is Cc1cc2c(c(C)c1NC(=O)[O-])CC(C)(C)O2. The van der Waals surface area contributed by atoms with E-state index in [2.05, 4.69) is 5.32 Å². The molecule has 17 heavy (non-hydrogen) atoms. The van der Waals surface area contributed by atoms with Gasteiger partial charge in [-0.1, -0.05) is 0 Å². The maximum absolute atomic E-state index is 10.6. The molecular formula is C13H16NO3-. The van der Waals surface area contributed by atoms with Gasteiger partial charge in [-0.25, -0.2) is 0 Å². The Kier molecular flexibility index (Phi) is 2.53. The first-order chi connectivity index (χ1) is 7.80. The zero-order valence-electron chi connectivity index (χ0n) is 10.5. The number of hydrogen-bond donors (Lipinski definition) is 1. The Morgan fingerprint density at radius 1 is 1.47 bits per heavy atom. The van der Waals surface area contributed by atoms with Crippen molar-refractivity contribution >= 4 is 11.8 Å². The van der Waals surface area contributed by atoms with Crippen LogP contribution in [0.1, 0.15) is 30.5 Å². The number of aryl methyl sites for hydroxylation is 1. The summed E-state index contributed by atoms with van der Waals surface area (Å²) in [6.07, 6.45) is -0.495. The Bertz CT molecular complexity index is 492. The van der Waals surface area contributed by atoms with Crippen molar-refractivity contribution < 1.29 is 14.6 Å². The minimum Gasteiger partial charge on any atom is -0.530 e. The van der Waals surface area contributed by atoms with E-state index in [0.717, 1.165) is 28.9 Å². The molecule has 1 N–H and O–H groups in total. The number of carbonyl (C=O) groups is 1. The van der Waals surface area contributed by atoms with Crippen LogP contribution in [0.25, 0.3) is 0 Å². The second-order valence-corrected chi connectivity index (χ2v) is 5.12. The molecule has 4 heteroatoms. The van der Waals surface area contributed by atoms with Gasteiger partial charge in [-0.2, -0.15) is 0 Å². The molecule has 0 saturated carbocycles. The molecule has 0 saturated heterocycles. The highest BCUT2D eigenvalue weighted by atomic mass is 16.5. The lowest BCUT2D eigenvalue weighted by molar-refractivity contribution is -0.242. The Hall–Kier alpha value is -1.71. The summed E-state index contributed by atoms with van der Waals surface area (Å²) >= 11 is 0. The highest BCUT2D eigenvalue weighted by molar-refractivity contribution is 5.85. The molecule has 0 aliphatic carbocycles. The van der Waals surface area contributed by atoms with Gasteiger partial charge in [0.2, 0.25) is 0 Å². The zero-order chi connectivity index (χ0) is 12.8. The molecule has 0 unspecified atom stereocenters. The summed E-state index contributed by atoms with van der Waals surface area (Å²) in [5.41, 5.74) is 3.24. The first kappa shape index (κ1) is 11.8. The van der Waals surface area contributed by atoms with Gasteiger partial charge in [0.05, 0.1) is 0 Å². The molecule has 0 aromatic heterocycles. The molecule has 92 valence electrons. The van der Waals surface area contributed by atoms with Crippen molar-refractivity contribution in [2.24, 2.45) is 0 Å². The summed E-state index contributed by atoms with van der Waals surface area (Å²) in [6, 6.07) is 1.88. The lowest BCUT2D eigenvalue weighted by atomic mass is 9.95. The summed E-state index contributed by atoms with van der Waals surface area (Å²) < 4.78 is 5.83. The molecule has 0 radical (unpaired) electrons. The zero-order valence-corrected chi connectivity index (χ0v) is 10.5. The quantitative estimate of drug-likeness (QED) is 0.805. The van der Waals surface area contributed by atoms with Gasteiger partial charge < -0.3 is 20.0 Å². The standard InChI is InChI=1S/C13H17NO3/c1-7-5-10-9(6-13(3,4)17-10)8(2)11(7)14-12(15)16/h5,14H,6H2,1-4H3,(H,15,16)/p-1. The topological polar surface area (TPSA) is 61.4 Å². The minimum absolute atomic E-state index is 0.223. The summed E-state index contributed by atoms with van der Waals surface area (Å²) in [5, 5.41) is 13.0. The first-order valence-corrected chi connectivity index (χ1v) is 5.60. The molecule has 1 aromatic rings. The molecule has 1 aliphatic rings. The van der Waals surface area contributed by atoms with Crippen LogP contribution < -0.4 is 15.2 Å². The molecule has 1 amide bonds. The van der Waals surface area contributed by atoms with Gasteiger partial charge in [-0.3, -0.25) is 0 Å². The predicted octanol–water partition coefficient (Wildman–Crippen LogP) is 1.77. The second-order valence-electron chi connectivity index (χ2n) is 5.12. The Balaban J connectivity index is 2.50. The van der Waals surface area contributed by atoms with Crippen molar-refractivity contribution in [3.63, 3.8) is 0 Å². The average Bonchev–Trinajstić information content (AvgIpc) is 2.47. The van der Waals surface area contributed by atoms with E-state index in [9.17, 15) is 9.90 Å². The molecule has 1 aliphatic heterocycles. The molecule has 0 bridgehead atoms. The van der Waals surface area contributed by atoms with Crippen LogP contribution in [0, 0.1) is 13.8 Å². The van der Waals surface area contributed by atoms with Crippen molar-refractivity contribution in [3.05, 3.63) is 22.8 Å². The second kappa shape index (κ2) is 3.65. The Morgan fingerprint density at radius 2 is 2.12 bits per heavy atom. The van der Waals surface area contributed by atoms with Gasteiger partial charge in [0.25, 0.3) is 0 Å². The summed E-state index contributed by atoms with van der Waals surface area (Å²) in [7, 11) is 0. The Labute approximate surface area is 101 Å². The third kappa shape index (κ3) is 2.07. The number of carbonyl (C=O) groups excluding carboxylic acids is 1.